The smallest absolute Gasteiger partial charge is 0.163 e. The Kier molecular flexibility index (Phi) is 7.43. The predicted molar refractivity (Wildman–Crippen MR) is 91.0 cm³/mol. The first-order chi connectivity index (χ1) is 10.9. The molecule has 3 atom stereocenters. The molecule has 0 saturated carbocycles. The van der Waals surface area contributed by atoms with Crippen molar-refractivity contribution >= 4 is 21.6 Å². The number of aliphatic hydroxyl groups is 2. The number of ether oxygens (including phenoxy) is 4. The highest BCUT2D eigenvalue weighted by atomic mass is 33.1. The van der Waals surface area contributed by atoms with Crippen LogP contribution in [0.15, 0.2) is 22.0 Å². The quantitative estimate of drug-likeness (QED) is 0.630. The van der Waals surface area contributed by atoms with Gasteiger partial charge in [-0.3, -0.25) is 0 Å². The van der Waals surface area contributed by atoms with Gasteiger partial charge in [-0.15, -0.1) is 0 Å². The minimum atomic E-state index is -0.923. The van der Waals surface area contributed by atoms with E-state index in [0.717, 1.165) is 9.81 Å². The van der Waals surface area contributed by atoms with Crippen LogP contribution in [0.5, 0.6) is 0 Å². The van der Waals surface area contributed by atoms with Gasteiger partial charge in [-0.25, -0.2) is 0 Å². The van der Waals surface area contributed by atoms with Gasteiger partial charge in [-0.1, -0.05) is 21.6 Å². The second kappa shape index (κ2) is 8.87. The van der Waals surface area contributed by atoms with Crippen molar-refractivity contribution < 1.29 is 29.2 Å². The zero-order chi connectivity index (χ0) is 16.9. The van der Waals surface area contributed by atoms with E-state index in [2.05, 4.69) is 0 Å². The van der Waals surface area contributed by atoms with Crippen LogP contribution in [0.3, 0.4) is 0 Å². The molecule has 2 heterocycles. The molecule has 2 N–H and O–H groups in total. The lowest BCUT2D eigenvalue weighted by Crippen LogP contribution is -2.32. The third-order valence-electron chi connectivity index (χ3n) is 3.36. The molecule has 0 amide bonds. The summed E-state index contributed by atoms with van der Waals surface area (Å²) < 4.78 is 22.1. The Morgan fingerprint density at radius 3 is 2.70 bits per heavy atom. The van der Waals surface area contributed by atoms with Crippen LogP contribution in [0.2, 0.25) is 0 Å². The maximum atomic E-state index is 9.73. The molecule has 0 aromatic carbocycles. The maximum absolute atomic E-state index is 9.73. The van der Waals surface area contributed by atoms with Crippen molar-refractivity contribution in [1.82, 2.24) is 0 Å². The Hall–Kier alpha value is -0.0600. The molecule has 6 nitrogen and oxygen atoms in total. The Morgan fingerprint density at radius 2 is 2.17 bits per heavy atom. The number of aliphatic hydroxyl groups excluding tert-OH is 2. The van der Waals surface area contributed by atoms with Crippen LogP contribution in [0.4, 0.5) is 0 Å². The van der Waals surface area contributed by atoms with Crippen LogP contribution in [0.25, 0.3) is 0 Å². The summed E-state index contributed by atoms with van der Waals surface area (Å²) in [6, 6.07) is 0. The van der Waals surface area contributed by atoms with Crippen LogP contribution in [0.1, 0.15) is 13.8 Å². The van der Waals surface area contributed by atoms with E-state index in [0.29, 0.717) is 19.8 Å². The van der Waals surface area contributed by atoms with Crippen molar-refractivity contribution in [2.24, 2.45) is 0 Å². The van der Waals surface area contributed by atoms with Gasteiger partial charge in [0.1, 0.15) is 18.3 Å². The predicted octanol–water partition coefficient (Wildman–Crippen LogP) is 1.69. The van der Waals surface area contributed by atoms with E-state index in [1.165, 1.54) is 17.9 Å². The van der Waals surface area contributed by atoms with E-state index >= 15 is 0 Å². The first-order valence-electron chi connectivity index (χ1n) is 7.41. The summed E-state index contributed by atoms with van der Waals surface area (Å²) in [5.41, 5.74) is 0. The molecule has 2 rings (SSSR count). The van der Waals surface area contributed by atoms with Gasteiger partial charge >= 0.3 is 0 Å². The summed E-state index contributed by atoms with van der Waals surface area (Å²) >= 11 is 0. The molecule has 1 saturated heterocycles. The average Bonchev–Trinajstić information content (AvgIpc) is 2.88. The van der Waals surface area contributed by atoms with Crippen LogP contribution in [0, 0.1) is 0 Å². The minimum Gasteiger partial charge on any atom is -0.394 e. The summed E-state index contributed by atoms with van der Waals surface area (Å²) in [4.78, 5) is 1.95. The Bertz CT molecular complexity index is 451. The fraction of sp³-hybridized carbons (Fsp3) is 0.733. The van der Waals surface area contributed by atoms with E-state index in [4.69, 9.17) is 24.1 Å². The summed E-state index contributed by atoms with van der Waals surface area (Å²) in [6.07, 6.45) is 2.37. The van der Waals surface area contributed by atoms with Gasteiger partial charge in [-0.2, -0.15) is 0 Å². The molecule has 3 unspecified atom stereocenters. The van der Waals surface area contributed by atoms with Crippen molar-refractivity contribution in [3.63, 3.8) is 0 Å². The third-order valence-corrected chi connectivity index (χ3v) is 5.95. The number of methoxy groups -OCH3 is 1. The Morgan fingerprint density at radius 1 is 1.39 bits per heavy atom. The van der Waals surface area contributed by atoms with Crippen molar-refractivity contribution in [1.29, 1.82) is 0 Å². The number of hydrogen-bond acceptors (Lipinski definition) is 8. The SMILES string of the molecule is COC(C1=CC=C(COCC2COC(C)(C)O2)SS1)C(O)CO. The molecule has 0 bridgehead atoms. The van der Waals surface area contributed by atoms with Gasteiger partial charge in [0.25, 0.3) is 0 Å². The highest BCUT2D eigenvalue weighted by Crippen LogP contribution is 2.42. The molecule has 2 aliphatic rings. The van der Waals surface area contributed by atoms with E-state index in [9.17, 15) is 5.11 Å². The number of rotatable bonds is 8. The van der Waals surface area contributed by atoms with E-state index < -0.39 is 18.0 Å². The van der Waals surface area contributed by atoms with Crippen LogP contribution in [-0.2, 0) is 18.9 Å². The summed E-state index contributed by atoms with van der Waals surface area (Å²) in [5.74, 6) is -0.525. The van der Waals surface area contributed by atoms with Gasteiger partial charge in [-0.05, 0) is 26.0 Å². The van der Waals surface area contributed by atoms with Crippen molar-refractivity contribution in [3.8, 4) is 0 Å². The van der Waals surface area contributed by atoms with E-state index in [-0.39, 0.29) is 12.7 Å². The summed E-state index contributed by atoms with van der Waals surface area (Å²) in [7, 11) is 4.59. The second-order valence-electron chi connectivity index (χ2n) is 5.74. The molecule has 1 fully saturated rings. The second-order valence-corrected chi connectivity index (χ2v) is 8.07. The van der Waals surface area contributed by atoms with E-state index in [1.807, 2.05) is 26.0 Å². The van der Waals surface area contributed by atoms with Crippen LogP contribution >= 0.6 is 21.6 Å². The first kappa shape index (κ1) is 19.3. The van der Waals surface area contributed by atoms with Crippen molar-refractivity contribution in [2.75, 3.05) is 33.5 Å². The Balaban J connectivity index is 1.77. The molecule has 2 aliphatic heterocycles. The normalized spacial score (nSPS) is 26.6. The first-order valence-corrected chi connectivity index (χ1v) is 9.56. The van der Waals surface area contributed by atoms with Gasteiger partial charge in [0.05, 0.1) is 26.4 Å². The topological polar surface area (TPSA) is 77.4 Å². The van der Waals surface area contributed by atoms with Gasteiger partial charge in [0.2, 0.25) is 0 Å². The van der Waals surface area contributed by atoms with Crippen molar-refractivity contribution in [3.05, 3.63) is 22.0 Å². The number of hydrogen-bond donors (Lipinski definition) is 2. The lowest BCUT2D eigenvalue weighted by atomic mass is 10.2. The molecule has 0 aromatic heterocycles. The monoisotopic (exact) mass is 364 g/mol. The molecular formula is C15H24O6S2. The van der Waals surface area contributed by atoms with Gasteiger partial charge < -0.3 is 29.2 Å². The molecular weight excluding hydrogens is 340 g/mol. The Labute approximate surface area is 144 Å². The van der Waals surface area contributed by atoms with E-state index in [1.54, 1.807) is 10.8 Å². The zero-order valence-corrected chi connectivity index (χ0v) is 15.2. The number of allylic oxidation sites excluding steroid dienone is 2. The summed E-state index contributed by atoms with van der Waals surface area (Å²) in [6.45, 7) is 4.99. The van der Waals surface area contributed by atoms with Gasteiger partial charge in [0.15, 0.2) is 5.79 Å². The maximum Gasteiger partial charge on any atom is 0.163 e. The fourth-order valence-electron chi connectivity index (χ4n) is 2.24. The van der Waals surface area contributed by atoms with Crippen LogP contribution < -0.4 is 0 Å². The lowest BCUT2D eigenvalue weighted by molar-refractivity contribution is -0.144. The standard InChI is InChI=1S/C15H24O6S2/c1-15(2)20-8-10(21-15)7-19-9-11-4-5-13(23-22-11)14(18-3)12(17)6-16/h4-5,10,12,14,16-17H,6-9H2,1-3H3. The highest BCUT2D eigenvalue weighted by molar-refractivity contribution is 8.79. The molecule has 0 aromatic rings. The molecule has 8 heteroatoms. The fourth-order valence-corrected chi connectivity index (χ4v) is 4.54. The lowest BCUT2D eigenvalue weighted by Gasteiger charge is -2.24. The molecule has 23 heavy (non-hydrogen) atoms. The highest BCUT2D eigenvalue weighted by Gasteiger charge is 2.32. The summed E-state index contributed by atoms with van der Waals surface area (Å²) in [5, 5.41) is 18.8. The van der Waals surface area contributed by atoms with Gasteiger partial charge in [0, 0.05) is 16.9 Å². The zero-order valence-electron chi connectivity index (χ0n) is 13.6. The van der Waals surface area contributed by atoms with Crippen molar-refractivity contribution in [2.45, 2.75) is 37.9 Å². The molecule has 0 radical (unpaired) electrons. The minimum absolute atomic E-state index is 0.0319. The largest absolute Gasteiger partial charge is 0.394 e. The molecule has 0 spiro atoms. The van der Waals surface area contributed by atoms with Crippen LogP contribution in [-0.4, -0.2) is 67.8 Å². The average molecular weight is 364 g/mol. The molecule has 132 valence electrons. The molecule has 0 aliphatic carbocycles. The third kappa shape index (κ3) is 5.75.